The summed E-state index contributed by atoms with van der Waals surface area (Å²) in [7, 11) is 0. The number of unbranched alkanes of at least 4 members (excludes halogenated alkanes) is 9. The van der Waals surface area contributed by atoms with Crippen LogP contribution in [0.15, 0.2) is 0 Å². The molecule has 0 heterocycles. The average Bonchev–Trinajstić information content (AvgIpc) is 2.44. The van der Waals surface area contributed by atoms with Gasteiger partial charge in [-0.15, -0.1) is 0 Å². The van der Waals surface area contributed by atoms with Crippen LogP contribution in [-0.2, 0) is 9.59 Å². The molecular weight excluding hydrogens is 293 g/mol. The van der Waals surface area contributed by atoms with E-state index in [-0.39, 0.29) is 36.0 Å². The van der Waals surface area contributed by atoms with Gasteiger partial charge < -0.3 is 15.5 Å². The first-order chi connectivity index (χ1) is 10.1. The minimum absolute atomic E-state index is 0. The van der Waals surface area contributed by atoms with Gasteiger partial charge in [-0.3, -0.25) is 4.79 Å². The first-order valence-corrected chi connectivity index (χ1v) is 8.25. The van der Waals surface area contributed by atoms with E-state index in [2.05, 4.69) is 12.2 Å². The van der Waals surface area contributed by atoms with Gasteiger partial charge in [-0.1, -0.05) is 64.7 Å². The number of hydrogen-bond donors (Lipinski definition) is 3. The van der Waals surface area contributed by atoms with E-state index in [9.17, 15) is 9.59 Å². The number of carboxylic acid groups (broad SMARTS) is 1. The summed E-state index contributed by atoms with van der Waals surface area (Å²) in [5.41, 5.74) is 0. The minimum atomic E-state index is -1.60. The summed E-state index contributed by atoms with van der Waals surface area (Å²) >= 11 is 0. The van der Waals surface area contributed by atoms with Crippen molar-refractivity contribution in [1.82, 2.24) is 5.32 Å². The summed E-state index contributed by atoms with van der Waals surface area (Å²) in [6.45, 7) is 2.78. The van der Waals surface area contributed by atoms with Gasteiger partial charge in [-0.05, 0) is 6.42 Å². The summed E-state index contributed by atoms with van der Waals surface area (Å²) < 4.78 is 0. The molecule has 0 saturated heterocycles. The third kappa shape index (κ3) is 16.3. The second kappa shape index (κ2) is 17.3. The van der Waals surface area contributed by atoms with E-state index in [1.54, 1.807) is 0 Å². The van der Waals surface area contributed by atoms with Crippen molar-refractivity contribution in [3.05, 3.63) is 0 Å². The van der Waals surface area contributed by atoms with Gasteiger partial charge in [-0.2, -0.15) is 0 Å². The van der Waals surface area contributed by atoms with Crippen LogP contribution in [0.25, 0.3) is 0 Å². The van der Waals surface area contributed by atoms with Crippen LogP contribution in [0.4, 0.5) is 0 Å². The SMILES string of the molecule is CCCCCCCCCCCCNC(=O)CC(O)C(=O)O.[NaH]. The number of aliphatic hydroxyl groups excluding tert-OH is 1. The third-order valence-corrected chi connectivity index (χ3v) is 3.52. The molecule has 1 atom stereocenters. The Morgan fingerprint density at radius 2 is 1.36 bits per heavy atom. The van der Waals surface area contributed by atoms with E-state index >= 15 is 0 Å². The van der Waals surface area contributed by atoms with Gasteiger partial charge in [0.2, 0.25) is 5.91 Å². The van der Waals surface area contributed by atoms with E-state index in [1.807, 2.05) is 0 Å². The van der Waals surface area contributed by atoms with Crippen LogP contribution in [0.3, 0.4) is 0 Å². The molecule has 0 aromatic rings. The van der Waals surface area contributed by atoms with Crippen molar-refractivity contribution in [1.29, 1.82) is 0 Å². The van der Waals surface area contributed by atoms with Crippen molar-refractivity contribution in [2.75, 3.05) is 6.54 Å². The number of aliphatic carboxylic acids is 1. The quantitative estimate of drug-likeness (QED) is 0.337. The fourth-order valence-electron chi connectivity index (χ4n) is 2.18. The van der Waals surface area contributed by atoms with E-state index in [0.717, 1.165) is 12.8 Å². The molecule has 3 N–H and O–H groups in total. The molecule has 0 fully saturated rings. The second-order valence-electron chi connectivity index (χ2n) is 5.59. The zero-order chi connectivity index (χ0) is 15.9. The Kier molecular flexibility index (Phi) is 18.9. The number of aliphatic hydroxyl groups is 1. The monoisotopic (exact) mass is 325 g/mol. The van der Waals surface area contributed by atoms with Gasteiger partial charge in [0.05, 0.1) is 6.42 Å². The Hall–Kier alpha value is -0.100. The van der Waals surface area contributed by atoms with Crippen LogP contribution in [0, 0.1) is 0 Å². The Morgan fingerprint density at radius 1 is 0.909 bits per heavy atom. The van der Waals surface area contributed by atoms with E-state index in [0.29, 0.717) is 6.54 Å². The molecule has 0 aromatic heterocycles. The van der Waals surface area contributed by atoms with E-state index < -0.39 is 18.0 Å². The molecule has 22 heavy (non-hydrogen) atoms. The number of carbonyl (C=O) groups excluding carboxylic acids is 1. The van der Waals surface area contributed by atoms with Crippen LogP contribution in [0.2, 0.25) is 0 Å². The number of carbonyl (C=O) groups is 2. The molecule has 1 unspecified atom stereocenters. The zero-order valence-corrected chi connectivity index (χ0v) is 13.3. The van der Waals surface area contributed by atoms with E-state index in [1.165, 1.54) is 51.4 Å². The maximum atomic E-state index is 11.3. The van der Waals surface area contributed by atoms with Gasteiger partial charge in [0.1, 0.15) is 0 Å². The number of amides is 1. The predicted molar refractivity (Wildman–Crippen MR) is 90.3 cm³/mol. The summed E-state index contributed by atoms with van der Waals surface area (Å²) in [6.07, 6.45) is 10.4. The van der Waals surface area contributed by atoms with Gasteiger partial charge in [-0.25, -0.2) is 4.79 Å². The first kappa shape index (κ1) is 24.2. The first-order valence-electron chi connectivity index (χ1n) is 8.25. The Balaban J connectivity index is 0. The molecule has 0 rings (SSSR count). The van der Waals surface area contributed by atoms with Crippen molar-refractivity contribution in [2.24, 2.45) is 0 Å². The van der Waals surface area contributed by atoms with Crippen molar-refractivity contribution in [3.8, 4) is 0 Å². The van der Waals surface area contributed by atoms with Crippen LogP contribution in [0.5, 0.6) is 0 Å². The maximum absolute atomic E-state index is 11.3. The summed E-state index contributed by atoms with van der Waals surface area (Å²) in [5.74, 6) is -1.76. The number of nitrogens with one attached hydrogen (secondary N) is 1. The molecular formula is C16H32NNaO4. The average molecular weight is 325 g/mol. The Bertz CT molecular complexity index is 287. The Morgan fingerprint density at radius 3 is 1.82 bits per heavy atom. The van der Waals surface area contributed by atoms with Crippen LogP contribution >= 0.6 is 0 Å². The molecule has 0 aliphatic rings. The second-order valence-corrected chi connectivity index (χ2v) is 5.59. The molecule has 0 saturated carbocycles. The molecule has 5 nitrogen and oxygen atoms in total. The van der Waals surface area contributed by atoms with E-state index in [4.69, 9.17) is 10.2 Å². The van der Waals surface area contributed by atoms with Crippen molar-refractivity contribution in [2.45, 2.75) is 83.7 Å². The molecule has 0 spiro atoms. The molecule has 1 amide bonds. The number of carboxylic acids is 1. The number of rotatable bonds is 14. The van der Waals surface area contributed by atoms with Crippen LogP contribution < -0.4 is 5.32 Å². The molecule has 6 heteroatoms. The standard InChI is InChI=1S/C16H31NO4.Na.H/c1-2-3-4-5-6-7-8-9-10-11-12-17-15(19)13-14(18)16(20)21;;/h14,18H,2-13H2,1H3,(H,17,19)(H,20,21);;. The van der Waals surface area contributed by atoms with Gasteiger partial charge in [0, 0.05) is 6.54 Å². The fraction of sp³-hybridized carbons (Fsp3) is 0.875. The van der Waals surface area contributed by atoms with Crippen molar-refractivity contribution < 1.29 is 19.8 Å². The third-order valence-electron chi connectivity index (χ3n) is 3.52. The zero-order valence-electron chi connectivity index (χ0n) is 13.3. The summed E-state index contributed by atoms with van der Waals surface area (Å²) in [4.78, 5) is 21.6. The topological polar surface area (TPSA) is 86.6 Å². The van der Waals surface area contributed by atoms with Crippen LogP contribution in [0.1, 0.15) is 77.6 Å². The van der Waals surface area contributed by atoms with Gasteiger partial charge >= 0.3 is 35.5 Å². The molecule has 0 aliphatic carbocycles. The normalized spacial score (nSPS) is 11.5. The van der Waals surface area contributed by atoms with Crippen molar-refractivity contribution in [3.63, 3.8) is 0 Å². The van der Waals surface area contributed by atoms with Gasteiger partial charge in [0.15, 0.2) is 6.10 Å². The van der Waals surface area contributed by atoms with Crippen molar-refractivity contribution >= 4 is 41.4 Å². The molecule has 0 aliphatic heterocycles. The fourth-order valence-corrected chi connectivity index (χ4v) is 2.18. The summed E-state index contributed by atoms with van der Waals surface area (Å²) in [6, 6.07) is 0. The molecule has 0 radical (unpaired) electrons. The molecule has 126 valence electrons. The molecule has 0 aromatic carbocycles. The summed E-state index contributed by atoms with van der Waals surface area (Å²) in [5, 5.41) is 20.1. The van der Waals surface area contributed by atoms with Crippen LogP contribution in [-0.4, -0.2) is 64.3 Å². The Labute approximate surface area is 156 Å². The number of hydrogen-bond acceptors (Lipinski definition) is 3. The van der Waals surface area contributed by atoms with Gasteiger partial charge in [0.25, 0.3) is 0 Å². The predicted octanol–water partition coefficient (Wildman–Crippen LogP) is 2.21. The molecule has 0 bridgehead atoms.